The molecule has 206 valence electrons. The number of pyridine rings is 1. The fraction of sp³-hybridized carbons (Fsp3) is 0.214. The smallest absolute Gasteiger partial charge is 0.333 e. The number of sulfonamides is 1. The number of unbranched alkanes of at least 4 members (excludes halogenated alkanes) is 1. The molecule has 12 heteroatoms. The first-order valence-corrected chi connectivity index (χ1v) is 14.2. The summed E-state index contributed by atoms with van der Waals surface area (Å²) < 4.78 is 44.7. The van der Waals surface area contributed by atoms with Crippen molar-refractivity contribution < 1.29 is 12.8 Å². The van der Waals surface area contributed by atoms with Gasteiger partial charge >= 0.3 is 5.69 Å². The Hall–Kier alpha value is -4.58. The molecule has 0 fully saturated rings. The molecule has 0 unspecified atom stereocenters. The highest BCUT2D eigenvalue weighted by Crippen LogP contribution is 2.18. The summed E-state index contributed by atoms with van der Waals surface area (Å²) in [4.78, 5) is 38.2. The van der Waals surface area contributed by atoms with Crippen molar-refractivity contribution in [2.24, 2.45) is 0 Å². The third-order valence-electron chi connectivity index (χ3n) is 6.47. The van der Waals surface area contributed by atoms with Crippen LogP contribution >= 0.6 is 0 Å². The van der Waals surface area contributed by atoms with Crippen molar-refractivity contribution in [3.8, 4) is 0 Å². The van der Waals surface area contributed by atoms with E-state index in [9.17, 15) is 22.4 Å². The van der Waals surface area contributed by atoms with E-state index >= 15 is 0 Å². The predicted molar refractivity (Wildman–Crippen MR) is 149 cm³/mol. The number of benzene rings is 2. The van der Waals surface area contributed by atoms with Gasteiger partial charge in [0.25, 0.3) is 15.6 Å². The van der Waals surface area contributed by atoms with Gasteiger partial charge in [-0.15, -0.1) is 0 Å². The maximum Gasteiger partial charge on any atom is 0.333 e. The molecule has 0 saturated carbocycles. The summed E-state index contributed by atoms with van der Waals surface area (Å²) in [6.07, 6.45) is 4.76. The lowest BCUT2D eigenvalue weighted by Crippen LogP contribution is -2.40. The average Bonchev–Trinajstić information content (AvgIpc) is 3.36. The van der Waals surface area contributed by atoms with Gasteiger partial charge in [0.1, 0.15) is 17.2 Å². The van der Waals surface area contributed by atoms with Crippen molar-refractivity contribution >= 4 is 26.9 Å². The number of hydrogen-bond acceptors (Lipinski definition) is 6. The fourth-order valence-electron chi connectivity index (χ4n) is 4.37. The van der Waals surface area contributed by atoms with Gasteiger partial charge in [-0.05, 0) is 42.3 Å². The van der Waals surface area contributed by atoms with Gasteiger partial charge in [0.15, 0.2) is 5.65 Å². The second-order valence-electron chi connectivity index (χ2n) is 9.31. The molecule has 0 spiro atoms. The first kappa shape index (κ1) is 27.0. The minimum Gasteiger partial charge on any atom is -0.336 e. The summed E-state index contributed by atoms with van der Waals surface area (Å²) in [5.74, 6) is -0.0633. The number of nitrogens with zero attached hydrogens (tertiary/aromatic N) is 4. The molecule has 2 aromatic carbocycles. The molecular weight excluding hydrogens is 535 g/mol. The van der Waals surface area contributed by atoms with E-state index in [4.69, 9.17) is 0 Å². The van der Waals surface area contributed by atoms with E-state index in [2.05, 4.69) is 19.7 Å². The number of aromatic nitrogens is 5. The van der Waals surface area contributed by atoms with Gasteiger partial charge in [0, 0.05) is 30.9 Å². The minimum atomic E-state index is -3.79. The Balaban J connectivity index is 1.46. The van der Waals surface area contributed by atoms with Crippen molar-refractivity contribution in [2.75, 3.05) is 4.72 Å². The molecule has 0 amide bonds. The normalized spacial score (nSPS) is 11.7. The zero-order chi connectivity index (χ0) is 28.3. The molecule has 0 radical (unpaired) electrons. The van der Waals surface area contributed by atoms with Gasteiger partial charge in [-0.2, -0.15) is 0 Å². The van der Waals surface area contributed by atoms with Crippen molar-refractivity contribution in [2.45, 2.75) is 44.2 Å². The summed E-state index contributed by atoms with van der Waals surface area (Å²) >= 11 is 0. The van der Waals surface area contributed by atoms with Crippen LogP contribution in [0.15, 0.2) is 87.5 Å². The van der Waals surface area contributed by atoms with Crippen molar-refractivity contribution in [1.29, 1.82) is 0 Å². The van der Waals surface area contributed by atoms with Crippen LogP contribution in [0.1, 0.15) is 36.7 Å². The van der Waals surface area contributed by atoms with Crippen LogP contribution in [-0.2, 0) is 29.5 Å². The van der Waals surface area contributed by atoms with E-state index in [0.29, 0.717) is 24.5 Å². The summed E-state index contributed by atoms with van der Waals surface area (Å²) in [6.45, 7) is 2.14. The number of hydrogen-bond donors (Lipinski definition) is 2. The molecule has 0 saturated heterocycles. The summed E-state index contributed by atoms with van der Waals surface area (Å²) in [7, 11) is -3.79. The number of H-pyrrole nitrogens is 1. The third-order valence-corrected chi connectivity index (χ3v) is 7.87. The molecule has 0 aliphatic heterocycles. The predicted octanol–water partition coefficient (Wildman–Crippen LogP) is 3.66. The standard InChI is InChI=1S/C28H27FN6O4S/c1-2-3-16-34-26-25(27(36)35(28(34)37)18-20-6-4-5-7-23(20)29)31-24(32-26)17-19-8-10-22(11-9-19)40(38,39)33-21-12-14-30-15-13-21/h4-15H,2-3,16-18H2,1H3,(H,30,33)(H,31,32). The van der Waals surface area contributed by atoms with Crippen LogP contribution in [-0.4, -0.2) is 32.5 Å². The van der Waals surface area contributed by atoms with Gasteiger partial charge in [-0.3, -0.25) is 23.6 Å². The lowest BCUT2D eigenvalue weighted by Gasteiger charge is -2.11. The van der Waals surface area contributed by atoms with Gasteiger partial charge in [0.2, 0.25) is 0 Å². The Bertz CT molecular complexity index is 1880. The first-order valence-electron chi connectivity index (χ1n) is 12.7. The Morgan fingerprint density at radius 3 is 2.40 bits per heavy atom. The summed E-state index contributed by atoms with van der Waals surface area (Å²) in [6, 6.07) is 15.4. The number of fused-ring (bicyclic) bond motifs is 1. The number of aromatic amines is 1. The zero-order valence-corrected chi connectivity index (χ0v) is 22.5. The topological polar surface area (TPSA) is 132 Å². The third kappa shape index (κ3) is 5.57. The molecule has 5 rings (SSSR count). The Morgan fingerprint density at radius 1 is 0.975 bits per heavy atom. The molecular formula is C28H27FN6O4S. The first-order chi connectivity index (χ1) is 19.3. The molecule has 0 bridgehead atoms. The highest BCUT2D eigenvalue weighted by Gasteiger charge is 2.19. The molecule has 10 nitrogen and oxygen atoms in total. The Morgan fingerprint density at radius 2 is 1.70 bits per heavy atom. The van der Waals surface area contributed by atoms with Crippen LogP contribution in [0.4, 0.5) is 10.1 Å². The average molecular weight is 563 g/mol. The largest absolute Gasteiger partial charge is 0.336 e. The monoisotopic (exact) mass is 562 g/mol. The lowest BCUT2D eigenvalue weighted by molar-refractivity contribution is 0.553. The molecule has 0 aliphatic rings. The molecule has 5 aromatic rings. The molecule has 0 aliphatic carbocycles. The van der Waals surface area contributed by atoms with Crippen LogP contribution in [0, 0.1) is 5.82 Å². The van der Waals surface area contributed by atoms with Gasteiger partial charge in [-0.1, -0.05) is 43.7 Å². The van der Waals surface area contributed by atoms with E-state index in [1.807, 2.05) is 6.92 Å². The van der Waals surface area contributed by atoms with Crippen LogP contribution in [0.25, 0.3) is 11.2 Å². The molecule has 40 heavy (non-hydrogen) atoms. The van der Waals surface area contributed by atoms with E-state index in [-0.39, 0.29) is 34.6 Å². The lowest BCUT2D eigenvalue weighted by atomic mass is 10.1. The second-order valence-corrected chi connectivity index (χ2v) is 11.0. The van der Waals surface area contributed by atoms with Gasteiger partial charge in [-0.25, -0.2) is 22.6 Å². The van der Waals surface area contributed by atoms with E-state index in [1.54, 1.807) is 36.4 Å². The number of rotatable bonds is 10. The maximum atomic E-state index is 14.3. The Kier molecular flexibility index (Phi) is 7.60. The second kappa shape index (κ2) is 11.3. The number of nitrogens with one attached hydrogen (secondary N) is 2. The number of aryl methyl sites for hydroxylation is 1. The van der Waals surface area contributed by atoms with E-state index in [1.165, 1.54) is 41.2 Å². The fourth-order valence-corrected chi connectivity index (χ4v) is 5.42. The molecule has 2 N–H and O–H groups in total. The number of imidazole rings is 1. The van der Waals surface area contributed by atoms with Crippen molar-refractivity contribution in [1.82, 2.24) is 24.1 Å². The zero-order valence-electron chi connectivity index (χ0n) is 21.7. The number of halogens is 1. The summed E-state index contributed by atoms with van der Waals surface area (Å²) in [5, 5.41) is 0. The highest BCUT2D eigenvalue weighted by atomic mass is 32.2. The highest BCUT2D eigenvalue weighted by molar-refractivity contribution is 7.92. The molecule has 0 atom stereocenters. The number of anilines is 1. The van der Waals surface area contributed by atoms with Gasteiger partial charge < -0.3 is 4.98 Å². The van der Waals surface area contributed by atoms with Crippen molar-refractivity contribution in [3.05, 3.63) is 117 Å². The molecule has 3 heterocycles. The van der Waals surface area contributed by atoms with E-state index < -0.39 is 27.1 Å². The van der Waals surface area contributed by atoms with Crippen LogP contribution in [0.3, 0.4) is 0 Å². The van der Waals surface area contributed by atoms with Crippen LogP contribution in [0.5, 0.6) is 0 Å². The van der Waals surface area contributed by atoms with E-state index in [0.717, 1.165) is 16.6 Å². The summed E-state index contributed by atoms with van der Waals surface area (Å²) in [5.41, 5.74) is 0.636. The quantitative estimate of drug-likeness (QED) is 0.267. The van der Waals surface area contributed by atoms with Crippen molar-refractivity contribution in [3.63, 3.8) is 0 Å². The SMILES string of the molecule is CCCCn1c(=O)n(Cc2ccccc2F)c(=O)c2[nH]c(Cc3ccc(S(=O)(=O)Nc4ccncc4)cc3)nc21. The molecule has 3 aromatic heterocycles. The van der Waals surface area contributed by atoms with Crippen LogP contribution in [0.2, 0.25) is 0 Å². The van der Waals surface area contributed by atoms with Crippen LogP contribution < -0.4 is 16.0 Å². The Labute approximate surface area is 229 Å². The minimum absolute atomic E-state index is 0.0853. The van der Waals surface area contributed by atoms with Gasteiger partial charge in [0.05, 0.1) is 17.1 Å². The maximum absolute atomic E-state index is 14.3.